The molecule has 0 bridgehead atoms. The van der Waals surface area contributed by atoms with Crippen molar-refractivity contribution in [3.8, 4) is 6.07 Å². The number of hydrogen-bond donors (Lipinski definition) is 0. The number of nitriles is 1. The number of amides is 1. The summed E-state index contributed by atoms with van der Waals surface area (Å²) in [6, 6.07) is 5.01. The molecule has 0 atom stereocenters. The normalized spacial score (nSPS) is 16.2. The van der Waals surface area contributed by atoms with Gasteiger partial charge in [-0.3, -0.25) is 4.79 Å². The summed E-state index contributed by atoms with van der Waals surface area (Å²) in [5, 5.41) is 8.98. The molecule has 0 radical (unpaired) electrons. The second-order valence-electron chi connectivity index (χ2n) is 5.32. The van der Waals surface area contributed by atoms with Gasteiger partial charge < -0.3 is 14.1 Å². The van der Waals surface area contributed by atoms with E-state index in [9.17, 15) is 9.59 Å². The van der Waals surface area contributed by atoms with Crippen LogP contribution in [0.4, 0.5) is 0 Å². The molecule has 116 valence electrons. The SMILES string of the molecule is CC1CCN(C(=O)COC(=O)/C(C#N)=C/c2ccco2)CC1. The highest BCUT2D eigenvalue weighted by molar-refractivity contribution is 5.98. The number of rotatable bonds is 4. The summed E-state index contributed by atoms with van der Waals surface area (Å²) in [5.41, 5.74) is -0.199. The fourth-order valence-corrected chi connectivity index (χ4v) is 2.21. The van der Waals surface area contributed by atoms with Crippen LogP contribution in [0.1, 0.15) is 25.5 Å². The van der Waals surface area contributed by atoms with E-state index in [0.717, 1.165) is 12.8 Å². The Kier molecular flexibility index (Phi) is 5.37. The first kappa shape index (κ1) is 15.8. The van der Waals surface area contributed by atoms with Crippen molar-refractivity contribution in [1.82, 2.24) is 4.90 Å². The van der Waals surface area contributed by atoms with Crippen molar-refractivity contribution in [2.75, 3.05) is 19.7 Å². The Hall–Kier alpha value is -2.55. The van der Waals surface area contributed by atoms with Crippen molar-refractivity contribution in [3.63, 3.8) is 0 Å². The van der Waals surface area contributed by atoms with E-state index in [1.807, 2.05) is 0 Å². The Morgan fingerprint density at radius 2 is 2.23 bits per heavy atom. The van der Waals surface area contributed by atoms with Crippen molar-refractivity contribution < 1.29 is 18.7 Å². The lowest BCUT2D eigenvalue weighted by Gasteiger charge is -2.30. The number of carbonyl (C=O) groups excluding carboxylic acids is 2. The van der Waals surface area contributed by atoms with Crippen LogP contribution in [0.5, 0.6) is 0 Å². The van der Waals surface area contributed by atoms with Crippen LogP contribution < -0.4 is 0 Å². The molecule has 0 saturated carbocycles. The summed E-state index contributed by atoms with van der Waals surface area (Å²) < 4.78 is 9.96. The van der Waals surface area contributed by atoms with Gasteiger partial charge in [-0.25, -0.2) is 4.79 Å². The lowest BCUT2D eigenvalue weighted by atomic mass is 9.99. The fraction of sp³-hybridized carbons (Fsp3) is 0.438. The lowest BCUT2D eigenvalue weighted by Crippen LogP contribution is -2.40. The van der Waals surface area contributed by atoms with Gasteiger partial charge in [0.2, 0.25) is 0 Å². The predicted octanol–water partition coefficient (Wildman–Crippen LogP) is 1.99. The first-order chi connectivity index (χ1) is 10.6. The van der Waals surface area contributed by atoms with Gasteiger partial charge >= 0.3 is 5.97 Å². The maximum Gasteiger partial charge on any atom is 0.349 e. The lowest BCUT2D eigenvalue weighted by molar-refractivity contribution is -0.149. The number of piperidine rings is 1. The van der Waals surface area contributed by atoms with Crippen LogP contribution in [0.25, 0.3) is 6.08 Å². The van der Waals surface area contributed by atoms with E-state index in [0.29, 0.717) is 24.8 Å². The molecule has 1 aromatic rings. The number of hydrogen-bond acceptors (Lipinski definition) is 5. The van der Waals surface area contributed by atoms with Gasteiger partial charge in [0.15, 0.2) is 6.61 Å². The molecule has 1 aliphatic rings. The van der Waals surface area contributed by atoms with Crippen LogP contribution in [0.2, 0.25) is 0 Å². The number of likely N-dealkylation sites (tertiary alicyclic amines) is 1. The fourth-order valence-electron chi connectivity index (χ4n) is 2.21. The average molecular weight is 302 g/mol. The minimum atomic E-state index is -0.822. The van der Waals surface area contributed by atoms with Crippen LogP contribution >= 0.6 is 0 Å². The maximum absolute atomic E-state index is 12.0. The molecule has 22 heavy (non-hydrogen) atoms. The Labute approximate surface area is 128 Å². The third-order valence-corrected chi connectivity index (χ3v) is 3.63. The molecular formula is C16H18N2O4. The van der Waals surface area contributed by atoms with Crippen LogP contribution in [0.15, 0.2) is 28.4 Å². The quantitative estimate of drug-likeness (QED) is 0.482. The van der Waals surface area contributed by atoms with Crippen LogP contribution in [0.3, 0.4) is 0 Å². The summed E-state index contributed by atoms with van der Waals surface area (Å²) in [7, 11) is 0. The topological polar surface area (TPSA) is 83.5 Å². The van der Waals surface area contributed by atoms with E-state index in [1.54, 1.807) is 23.1 Å². The summed E-state index contributed by atoms with van der Waals surface area (Å²) in [6.07, 6.45) is 4.64. The Morgan fingerprint density at radius 3 is 2.82 bits per heavy atom. The van der Waals surface area contributed by atoms with Gasteiger partial charge in [-0.2, -0.15) is 5.26 Å². The number of ether oxygens (including phenoxy) is 1. The van der Waals surface area contributed by atoms with Gasteiger partial charge in [0.25, 0.3) is 5.91 Å². The molecule has 1 aliphatic heterocycles. The molecule has 2 rings (SSSR count). The molecule has 0 N–H and O–H groups in total. The highest BCUT2D eigenvalue weighted by atomic mass is 16.5. The van der Waals surface area contributed by atoms with E-state index < -0.39 is 5.97 Å². The van der Waals surface area contributed by atoms with E-state index in [2.05, 4.69) is 6.92 Å². The zero-order valence-electron chi connectivity index (χ0n) is 12.4. The molecule has 0 aromatic carbocycles. The predicted molar refractivity (Wildman–Crippen MR) is 78.2 cm³/mol. The molecular weight excluding hydrogens is 284 g/mol. The minimum Gasteiger partial charge on any atom is -0.465 e. The van der Waals surface area contributed by atoms with Crippen molar-refractivity contribution in [1.29, 1.82) is 5.26 Å². The third-order valence-electron chi connectivity index (χ3n) is 3.63. The largest absolute Gasteiger partial charge is 0.465 e. The maximum atomic E-state index is 12.0. The zero-order valence-corrected chi connectivity index (χ0v) is 12.4. The highest BCUT2D eigenvalue weighted by Gasteiger charge is 2.22. The van der Waals surface area contributed by atoms with Gasteiger partial charge in [-0.05, 0) is 30.9 Å². The summed E-state index contributed by atoms with van der Waals surface area (Å²) >= 11 is 0. The molecule has 1 fully saturated rings. The van der Waals surface area contributed by atoms with E-state index >= 15 is 0 Å². The minimum absolute atomic E-state index is 0.199. The molecule has 0 unspecified atom stereocenters. The molecule has 6 nitrogen and oxygen atoms in total. The summed E-state index contributed by atoms with van der Waals surface area (Å²) in [5.74, 6) is -0.0500. The van der Waals surface area contributed by atoms with Crippen molar-refractivity contribution in [2.45, 2.75) is 19.8 Å². The molecule has 2 heterocycles. The number of carbonyl (C=O) groups is 2. The molecule has 6 heteroatoms. The van der Waals surface area contributed by atoms with Gasteiger partial charge in [-0.15, -0.1) is 0 Å². The Balaban J connectivity index is 1.86. The van der Waals surface area contributed by atoms with E-state index in [-0.39, 0.29) is 18.1 Å². The van der Waals surface area contributed by atoms with E-state index in [1.165, 1.54) is 12.3 Å². The number of furan rings is 1. The Bertz CT molecular complexity index is 590. The molecule has 1 amide bonds. The standard InChI is InChI=1S/C16H18N2O4/c1-12-4-6-18(7-5-12)15(19)11-22-16(20)13(10-17)9-14-3-2-8-21-14/h2-3,8-9,12H,4-7,11H2,1H3/b13-9+. The van der Waals surface area contributed by atoms with Gasteiger partial charge in [0.1, 0.15) is 17.4 Å². The number of nitrogens with zero attached hydrogens (tertiary/aromatic N) is 2. The first-order valence-electron chi connectivity index (χ1n) is 7.20. The Morgan fingerprint density at radius 1 is 1.50 bits per heavy atom. The van der Waals surface area contributed by atoms with Crippen molar-refractivity contribution >= 4 is 18.0 Å². The van der Waals surface area contributed by atoms with Gasteiger partial charge in [0.05, 0.1) is 6.26 Å². The molecule has 0 aliphatic carbocycles. The van der Waals surface area contributed by atoms with Gasteiger partial charge in [-0.1, -0.05) is 6.92 Å². The second-order valence-corrected chi connectivity index (χ2v) is 5.32. The smallest absolute Gasteiger partial charge is 0.349 e. The molecule has 1 aromatic heterocycles. The number of esters is 1. The average Bonchev–Trinajstić information content (AvgIpc) is 3.03. The first-order valence-corrected chi connectivity index (χ1v) is 7.20. The van der Waals surface area contributed by atoms with E-state index in [4.69, 9.17) is 14.4 Å². The van der Waals surface area contributed by atoms with Gasteiger partial charge in [0, 0.05) is 19.2 Å². The highest BCUT2D eigenvalue weighted by Crippen LogP contribution is 2.16. The summed E-state index contributed by atoms with van der Waals surface area (Å²) in [6.45, 7) is 3.18. The van der Waals surface area contributed by atoms with Crippen molar-refractivity contribution in [2.24, 2.45) is 5.92 Å². The summed E-state index contributed by atoms with van der Waals surface area (Å²) in [4.78, 5) is 25.5. The zero-order chi connectivity index (χ0) is 15.9. The second kappa shape index (κ2) is 7.46. The van der Waals surface area contributed by atoms with Crippen LogP contribution in [-0.2, 0) is 14.3 Å². The van der Waals surface area contributed by atoms with Crippen LogP contribution in [-0.4, -0.2) is 36.5 Å². The molecule has 0 spiro atoms. The monoisotopic (exact) mass is 302 g/mol. The van der Waals surface area contributed by atoms with Crippen LogP contribution in [0, 0.1) is 17.2 Å². The third kappa shape index (κ3) is 4.22. The van der Waals surface area contributed by atoms with Crippen molar-refractivity contribution in [3.05, 3.63) is 29.7 Å². The molecule has 1 saturated heterocycles.